The smallest absolute Gasteiger partial charge is 0.0865 e. The van der Waals surface area contributed by atoms with Crippen LogP contribution < -0.4 is 45.4 Å². The highest BCUT2D eigenvalue weighted by Gasteiger charge is 2.03. The molecule has 13 heavy (non-hydrogen) atoms. The fourth-order valence-corrected chi connectivity index (χ4v) is 1.11. The van der Waals surface area contributed by atoms with Crippen LogP contribution in [0.4, 0.5) is 0 Å². The first kappa shape index (κ1) is 19.4. The lowest BCUT2D eigenvalue weighted by Gasteiger charge is -2.04. The van der Waals surface area contributed by atoms with Gasteiger partial charge in [0, 0.05) is 13.0 Å². The van der Waals surface area contributed by atoms with Crippen molar-refractivity contribution in [3.8, 4) is 0 Å². The quantitative estimate of drug-likeness (QED) is 0.400. The van der Waals surface area contributed by atoms with Crippen LogP contribution in [0.3, 0.4) is 0 Å². The highest BCUT2D eigenvalue weighted by molar-refractivity contribution is 4.53. The van der Waals surface area contributed by atoms with E-state index in [1.54, 1.807) is 0 Å². The summed E-state index contributed by atoms with van der Waals surface area (Å²) in [5.41, 5.74) is 7.73. The topological polar surface area (TPSA) is 75.5 Å². The van der Waals surface area contributed by atoms with Crippen molar-refractivity contribution in [1.82, 2.24) is 0 Å². The first-order chi connectivity index (χ1) is 5.31. The Kier molecular flexibility index (Phi) is 22.9. The van der Waals surface area contributed by atoms with E-state index in [0.29, 0.717) is 6.04 Å². The minimum absolute atomic E-state index is 0. The van der Waals surface area contributed by atoms with Crippen LogP contribution in [0.15, 0.2) is 0 Å². The van der Waals surface area contributed by atoms with Gasteiger partial charge in [-0.25, -0.2) is 0 Å². The Morgan fingerprint density at radius 2 is 1.62 bits per heavy atom. The van der Waals surface area contributed by atoms with Crippen LogP contribution in [0.2, 0.25) is 0 Å². The molecule has 0 radical (unpaired) electrons. The van der Waals surface area contributed by atoms with E-state index in [-0.39, 0.29) is 40.6 Å². The summed E-state index contributed by atoms with van der Waals surface area (Å²) < 4.78 is 0. The molecule has 1 unspecified atom stereocenters. The second kappa shape index (κ2) is 15.3. The summed E-state index contributed by atoms with van der Waals surface area (Å²) >= 11 is 0. The van der Waals surface area contributed by atoms with Gasteiger partial charge in [-0.15, -0.1) is 0 Å². The molecule has 0 fully saturated rings. The minimum atomic E-state index is 0. The lowest BCUT2D eigenvalue weighted by atomic mass is 10.1. The summed E-state index contributed by atoms with van der Waals surface area (Å²) in [5, 5.41) is 8.59. The largest absolute Gasteiger partial charge is 1.00 e. The number of aliphatic hydroxyl groups excluding tert-OH is 1. The van der Waals surface area contributed by atoms with E-state index in [4.69, 9.17) is 5.11 Å². The Morgan fingerprint density at radius 3 is 2.08 bits per heavy atom. The summed E-state index contributed by atoms with van der Waals surface area (Å²) in [6, 6.07) is 0.449. The van der Waals surface area contributed by atoms with Crippen molar-refractivity contribution >= 4 is 0 Å². The van der Waals surface area contributed by atoms with Crippen LogP contribution in [0.25, 0.3) is 0 Å². The molecule has 84 valence electrons. The highest BCUT2D eigenvalue weighted by atomic mass is 79.9. The molecule has 0 saturated carbocycles. The third kappa shape index (κ3) is 15.6. The maximum absolute atomic E-state index is 8.59. The Balaban J connectivity index is -0.000000500. The van der Waals surface area contributed by atoms with Crippen molar-refractivity contribution in [2.75, 3.05) is 13.2 Å². The molecule has 0 aliphatic carbocycles. The predicted octanol–water partition coefficient (Wildman–Crippen LogP) is -7.21. The van der Waals surface area contributed by atoms with Crippen LogP contribution >= 0.6 is 0 Å². The summed E-state index contributed by atoms with van der Waals surface area (Å²) in [5.74, 6) is 0. The number of halogens is 2. The van der Waals surface area contributed by atoms with Crippen molar-refractivity contribution in [3.63, 3.8) is 0 Å². The van der Waals surface area contributed by atoms with E-state index in [1.165, 1.54) is 19.3 Å². The third-order valence-corrected chi connectivity index (χ3v) is 1.90. The molecule has 0 aliphatic heterocycles. The SMILES string of the molecule is [Br-].[Br-].[NH3+]CCCCCC([NH3+])CCO. The molecule has 0 rings (SSSR count). The fraction of sp³-hybridized carbons (Fsp3) is 1.00. The minimum Gasteiger partial charge on any atom is -1.00 e. The molecule has 0 bridgehead atoms. The second-order valence-electron chi connectivity index (χ2n) is 3.08. The number of rotatable bonds is 7. The van der Waals surface area contributed by atoms with Crippen molar-refractivity contribution < 1.29 is 50.5 Å². The van der Waals surface area contributed by atoms with E-state index in [0.717, 1.165) is 19.4 Å². The van der Waals surface area contributed by atoms with Gasteiger partial charge in [-0.05, 0) is 25.7 Å². The summed E-state index contributed by atoms with van der Waals surface area (Å²) in [6.07, 6.45) is 5.74. The Hall–Kier alpha value is 0.840. The van der Waals surface area contributed by atoms with E-state index in [9.17, 15) is 0 Å². The van der Waals surface area contributed by atoms with Crippen LogP contribution in [-0.4, -0.2) is 24.3 Å². The van der Waals surface area contributed by atoms with Crippen molar-refractivity contribution in [2.24, 2.45) is 0 Å². The van der Waals surface area contributed by atoms with Gasteiger partial charge in [-0.1, -0.05) is 0 Å². The molecule has 0 aromatic rings. The van der Waals surface area contributed by atoms with Crippen molar-refractivity contribution in [1.29, 1.82) is 0 Å². The number of aliphatic hydroxyl groups is 1. The average molecular weight is 322 g/mol. The van der Waals surface area contributed by atoms with Gasteiger partial charge >= 0.3 is 0 Å². The zero-order valence-corrected chi connectivity index (χ0v) is 11.3. The van der Waals surface area contributed by atoms with Gasteiger partial charge < -0.3 is 50.5 Å². The van der Waals surface area contributed by atoms with Crippen LogP contribution in [-0.2, 0) is 0 Å². The monoisotopic (exact) mass is 320 g/mol. The summed E-state index contributed by atoms with van der Waals surface area (Å²) in [4.78, 5) is 0. The van der Waals surface area contributed by atoms with Gasteiger partial charge in [0.25, 0.3) is 0 Å². The molecule has 0 aromatic heterocycles. The van der Waals surface area contributed by atoms with E-state index >= 15 is 0 Å². The molecule has 0 heterocycles. The molecule has 0 saturated heterocycles. The van der Waals surface area contributed by atoms with Gasteiger partial charge in [-0.3, -0.25) is 0 Å². The zero-order chi connectivity index (χ0) is 8.53. The van der Waals surface area contributed by atoms with Gasteiger partial charge in [0.2, 0.25) is 0 Å². The number of quaternary nitrogens is 2. The number of hydrogen-bond donors (Lipinski definition) is 3. The Labute approximate surface area is 102 Å². The zero-order valence-electron chi connectivity index (χ0n) is 8.14. The highest BCUT2D eigenvalue weighted by Crippen LogP contribution is 2.01. The first-order valence-corrected chi connectivity index (χ1v) is 4.54. The standard InChI is InChI=1S/C8H20N2O.2BrH/c9-6-3-1-2-4-8(10)5-7-11;;/h8,11H,1-7,9-10H2;2*1H. The maximum atomic E-state index is 8.59. The molecule has 0 aliphatic rings. The van der Waals surface area contributed by atoms with Crippen LogP contribution in [0, 0.1) is 0 Å². The Bertz CT molecular complexity index is 86.5. The van der Waals surface area contributed by atoms with Crippen LogP contribution in [0.5, 0.6) is 0 Å². The molecule has 1 atom stereocenters. The van der Waals surface area contributed by atoms with Gasteiger partial charge in [0.15, 0.2) is 0 Å². The number of hydrogen-bond acceptors (Lipinski definition) is 1. The predicted molar refractivity (Wildman–Crippen MR) is 44.6 cm³/mol. The van der Waals surface area contributed by atoms with E-state index < -0.39 is 0 Å². The van der Waals surface area contributed by atoms with Gasteiger partial charge in [-0.2, -0.15) is 0 Å². The Morgan fingerprint density at radius 1 is 1.00 bits per heavy atom. The first-order valence-electron chi connectivity index (χ1n) is 4.54. The molecule has 0 amide bonds. The molecule has 5 heteroatoms. The van der Waals surface area contributed by atoms with Crippen LogP contribution in [0.1, 0.15) is 32.1 Å². The van der Waals surface area contributed by atoms with Gasteiger partial charge in [0.05, 0.1) is 12.6 Å². The van der Waals surface area contributed by atoms with E-state index in [1.807, 2.05) is 0 Å². The van der Waals surface area contributed by atoms with E-state index in [2.05, 4.69) is 11.5 Å². The fourth-order valence-electron chi connectivity index (χ4n) is 1.11. The second-order valence-corrected chi connectivity index (χ2v) is 3.08. The molecule has 0 spiro atoms. The normalized spacial score (nSPS) is 11.3. The molecular formula is C8H22Br2N2O. The number of unbranched alkanes of at least 4 members (excludes halogenated alkanes) is 2. The van der Waals surface area contributed by atoms with Crippen molar-refractivity contribution in [3.05, 3.63) is 0 Å². The van der Waals surface area contributed by atoms with Gasteiger partial charge in [0.1, 0.15) is 0 Å². The molecule has 7 N–H and O–H groups in total. The molecular weight excluding hydrogens is 300 g/mol. The van der Waals surface area contributed by atoms with Crippen molar-refractivity contribution in [2.45, 2.75) is 38.1 Å². The average Bonchev–Trinajstić information content (AvgIpc) is 1.99. The lowest BCUT2D eigenvalue weighted by Crippen LogP contribution is -3.00. The summed E-state index contributed by atoms with van der Waals surface area (Å²) in [7, 11) is 0. The third-order valence-electron chi connectivity index (χ3n) is 1.90. The molecule has 3 nitrogen and oxygen atoms in total. The maximum Gasteiger partial charge on any atom is 0.0865 e. The summed E-state index contributed by atoms with van der Waals surface area (Å²) in [6.45, 7) is 1.32. The lowest BCUT2D eigenvalue weighted by molar-refractivity contribution is -0.423. The molecule has 0 aromatic carbocycles.